The Balaban J connectivity index is 0.000000216. The fraction of sp³-hybridized carbons (Fsp3) is 0.581. The lowest BCUT2D eigenvalue weighted by Gasteiger charge is -2.33. The van der Waals surface area contributed by atoms with E-state index in [1.54, 1.807) is 24.3 Å². The molecular weight excluding hydrogens is 492 g/mol. The molecule has 4 rings (SSSR count). The second-order valence-electron chi connectivity index (χ2n) is 10.6. The summed E-state index contributed by atoms with van der Waals surface area (Å²) in [6, 6.07) is 17.1. The first kappa shape index (κ1) is 30.4. The van der Waals surface area contributed by atoms with Gasteiger partial charge < -0.3 is 19.3 Å². The van der Waals surface area contributed by atoms with Crippen LogP contribution in [0.25, 0.3) is 0 Å². The third-order valence-corrected chi connectivity index (χ3v) is 7.63. The molecule has 0 amide bonds. The maximum atomic E-state index is 10.5. The van der Waals surface area contributed by atoms with Gasteiger partial charge in [0.05, 0.1) is 29.8 Å². The third kappa shape index (κ3) is 10.9. The van der Waals surface area contributed by atoms with Gasteiger partial charge in [-0.25, -0.2) is 0 Å². The number of benzene rings is 2. The van der Waals surface area contributed by atoms with Gasteiger partial charge in [-0.1, -0.05) is 12.8 Å². The van der Waals surface area contributed by atoms with Crippen molar-refractivity contribution >= 4 is 5.69 Å². The first-order chi connectivity index (χ1) is 19.0. The number of hydrogen-bond donors (Lipinski definition) is 0. The third-order valence-electron chi connectivity index (χ3n) is 7.63. The van der Waals surface area contributed by atoms with Gasteiger partial charge in [0.2, 0.25) is 0 Å². The van der Waals surface area contributed by atoms with Crippen molar-refractivity contribution in [3.05, 3.63) is 64.2 Å². The van der Waals surface area contributed by atoms with Gasteiger partial charge in [-0.05, 0) is 102 Å². The Bertz CT molecular complexity index is 1020. The molecule has 2 aromatic carbocycles. The fourth-order valence-electron chi connectivity index (χ4n) is 5.18. The minimum atomic E-state index is -0.401. The lowest BCUT2D eigenvalue weighted by molar-refractivity contribution is -0.384. The van der Waals surface area contributed by atoms with Crippen LogP contribution in [0.5, 0.6) is 11.5 Å². The Labute approximate surface area is 233 Å². The molecule has 2 atom stereocenters. The summed E-state index contributed by atoms with van der Waals surface area (Å²) >= 11 is 0. The SMILES string of the molecule is CC1CCCCN1CCCOc1ccc(C#N)cc1.CC1CCCCN1CCCOc1ccc([N+](=O)[O-])cc1. The number of ether oxygens (including phenoxy) is 2. The predicted octanol–water partition coefficient (Wildman–Crippen LogP) is 6.44. The van der Waals surface area contributed by atoms with Crippen molar-refractivity contribution < 1.29 is 14.4 Å². The van der Waals surface area contributed by atoms with E-state index < -0.39 is 4.92 Å². The summed E-state index contributed by atoms with van der Waals surface area (Å²) in [5, 5.41) is 19.3. The summed E-state index contributed by atoms with van der Waals surface area (Å²) in [5.41, 5.74) is 0.772. The van der Waals surface area contributed by atoms with Crippen LogP contribution in [0.1, 0.15) is 70.8 Å². The molecule has 2 heterocycles. The van der Waals surface area contributed by atoms with E-state index in [2.05, 4.69) is 29.7 Å². The molecule has 0 bridgehead atoms. The summed E-state index contributed by atoms with van der Waals surface area (Å²) < 4.78 is 11.3. The van der Waals surface area contributed by atoms with E-state index in [1.807, 2.05) is 12.1 Å². The van der Waals surface area contributed by atoms with Gasteiger partial charge in [-0.3, -0.25) is 10.1 Å². The number of nitrogens with zero attached hydrogens (tertiary/aromatic N) is 4. The molecule has 0 radical (unpaired) electrons. The molecule has 212 valence electrons. The van der Waals surface area contributed by atoms with E-state index in [1.165, 1.54) is 63.7 Å². The maximum absolute atomic E-state index is 10.5. The van der Waals surface area contributed by atoms with Crippen molar-refractivity contribution in [2.45, 2.75) is 77.3 Å². The minimum Gasteiger partial charge on any atom is -0.494 e. The second kappa shape index (κ2) is 16.7. The van der Waals surface area contributed by atoms with Gasteiger partial charge in [0.1, 0.15) is 11.5 Å². The Morgan fingerprint density at radius 1 is 0.821 bits per heavy atom. The van der Waals surface area contributed by atoms with Gasteiger partial charge in [0.15, 0.2) is 0 Å². The number of piperidine rings is 2. The maximum Gasteiger partial charge on any atom is 0.269 e. The van der Waals surface area contributed by atoms with Crippen molar-refractivity contribution in [2.24, 2.45) is 0 Å². The van der Waals surface area contributed by atoms with Crippen LogP contribution in [-0.2, 0) is 0 Å². The molecule has 0 aromatic heterocycles. The molecule has 2 fully saturated rings. The number of nitriles is 1. The average molecular weight is 537 g/mol. The standard InChI is InChI=1S/C16H22N2O.C15H22N2O3/c1-14-5-2-3-10-18(14)11-4-12-19-16-8-6-15(13-17)7-9-16;1-13-5-2-3-10-16(13)11-4-12-20-15-8-6-14(7-9-15)17(18)19/h6-9,14H,2-5,10-12H2,1H3;6-9,13H,2-5,10-12H2,1H3. The molecule has 2 unspecified atom stereocenters. The van der Waals surface area contributed by atoms with Crippen LogP contribution >= 0.6 is 0 Å². The van der Waals surface area contributed by atoms with Crippen molar-refractivity contribution in [1.29, 1.82) is 5.26 Å². The first-order valence-electron chi connectivity index (χ1n) is 14.4. The molecular formula is C31H44N4O4. The quantitative estimate of drug-likeness (QED) is 0.185. The topological polar surface area (TPSA) is 91.9 Å². The lowest BCUT2D eigenvalue weighted by atomic mass is 10.0. The normalized spacial score (nSPS) is 19.8. The highest BCUT2D eigenvalue weighted by atomic mass is 16.6. The van der Waals surface area contributed by atoms with E-state index in [-0.39, 0.29) is 5.69 Å². The molecule has 0 aliphatic carbocycles. The smallest absolute Gasteiger partial charge is 0.269 e. The molecule has 0 saturated carbocycles. The molecule has 0 spiro atoms. The zero-order valence-corrected chi connectivity index (χ0v) is 23.6. The van der Waals surface area contributed by atoms with Crippen LogP contribution in [0.4, 0.5) is 5.69 Å². The summed E-state index contributed by atoms with van der Waals surface area (Å²) in [6.07, 6.45) is 10.0. The molecule has 2 aliphatic heterocycles. The summed E-state index contributed by atoms with van der Waals surface area (Å²) in [6.45, 7) is 10.6. The molecule has 2 saturated heterocycles. The van der Waals surface area contributed by atoms with Crippen molar-refractivity contribution in [3.8, 4) is 17.6 Å². The van der Waals surface area contributed by atoms with Crippen molar-refractivity contribution in [1.82, 2.24) is 9.80 Å². The van der Waals surface area contributed by atoms with Crippen molar-refractivity contribution in [2.75, 3.05) is 39.4 Å². The zero-order valence-electron chi connectivity index (χ0n) is 23.6. The summed E-state index contributed by atoms with van der Waals surface area (Å²) in [4.78, 5) is 15.2. The van der Waals surface area contributed by atoms with Gasteiger partial charge in [-0.2, -0.15) is 5.26 Å². The second-order valence-corrected chi connectivity index (χ2v) is 10.6. The van der Waals surface area contributed by atoms with E-state index in [4.69, 9.17) is 14.7 Å². The highest BCUT2D eigenvalue weighted by Crippen LogP contribution is 2.19. The van der Waals surface area contributed by atoms with Crippen LogP contribution in [0.2, 0.25) is 0 Å². The number of nitro groups is 1. The number of likely N-dealkylation sites (tertiary alicyclic amines) is 2. The molecule has 8 nitrogen and oxygen atoms in total. The van der Waals surface area contributed by atoms with E-state index in [9.17, 15) is 10.1 Å². The Morgan fingerprint density at radius 2 is 1.28 bits per heavy atom. The van der Waals surface area contributed by atoms with Gasteiger partial charge >= 0.3 is 0 Å². The Morgan fingerprint density at radius 3 is 1.69 bits per heavy atom. The van der Waals surface area contributed by atoms with Crippen molar-refractivity contribution in [3.63, 3.8) is 0 Å². The molecule has 2 aromatic rings. The van der Waals surface area contributed by atoms with Crippen LogP contribution in [-0.4, -0.2) is 66.2 Å². The Kier molecular flexibility index (Phi) is 13.0. The van der Waals surface area contributed by atoms with Gasteiger partial charge in [-0.15, -0.1) is 0 Å². The monoisotopic (exact) mass is 536 g/mol. The lowest BCUT2D eigenvalue weighted by Crippen LogP contribution is -2.38. The largest absolute Gasteiger partial charge is 0.494 e. The number of rotatable bonds is 11. The number of nitro benzene ring substituents is 1. The summed E-state index contributed by atoms with van der Waals surface area (Å²) in [5.74, 6) is 1.55. The van der Waals surface area contributed by atoms with E-state index >= 15 is 0 Å². The highest BCUT2D eigenvalue weighted by molar-refractivity contribution is 5.36. The zero-order chi connectivity index (χ0) is 27.9. The predicted molar refractivity (Wildman–Crippen MR) is 154 cm³/mol. The van der Waals surface area contributed by atoms with Crippen LogP contribution in [0.15, 0.2) is 48.5 Å². The number of hydrogen-bond acceptors (Lipinski definition) is 7. The molecule has 39 heavy (non-hydrogen) atoms. The first-order valence-corrected chi connectivity index (χ1v) is 14.4. The molecule has 0 N–H and O–H groups in total. The van der Waals surface area contributed by atoms with E-state index in [0.29, 0.717) is 24.0 Å². The number of non-ortho nitro benzene ring substituents is 1. The van der Waals surface area contributed by atoms with Gasteiger partial charge in [0.25, 0.3) is 5.69 Å². The average Bonchev–Trinajstić information content (AvgIpc) is 2.96. The summed E-state index contributed by atoms with van der Waals surface area (Å²) in [7, 11) is 0. The highest BCUT2D eigenvalue weighted by Gasteiger charge is 2.18. The van der Waals surface area contributed by atoms with Crippen LogP contribution in [0.3, 0.4) is 0 Å². The van der Waals surface area contributed by atoms with E-state index in [0.717, 1.165) is 44.3 Å². The van der Waals surface area contributed by atoms with Crippen LogP contribution < -0.4 is 9.47 Å². The van der Waals surface area contributed by atoms with Crippen LogP contribution in [0, 0.1) is 21.4 Å². The Hall–Kier alpha value is -3.15. The van der Waals surface area contributed by atoms with Gasteiger partial charge in [0, 0.05) is 37.3 Å². The fourth-order valence-corrected chi connectivity index (χ4v) is 5.18. The molecule has 2 aliphatic rings. The molecule has 8 heteroatoms. The minimum absolute atomic E-state index is 0.0968.